The summed E-state index contributed by atoms with van der Waals surface area (Å²) in [6.07, 6.45) is 3.33. The number of halogens is 2. The van der Waals surface area contributed by atoms with E-state index in [4.69, 9.17) is 11.6 Å². The van der Waals surface area contributed by atoms with Gasteiger partial charge in [-0.3, -0.25) is 0 Å². The molecule has 0 N–H and O–H groups in total. The zero-order valence-corrected chi connectivity index (χ0v) is 9.31. The van der Waals surface area contributed by atoms with Crippen molar-refractivity contribution < 1.29 is 4.39 Å². The molecule has 0 heterocycles. The van der Waals surface area contributed by atoms with Gasteiger partial charge < -0.3 is 0 Å². The van der Waals surface area contributed by atoms with Gasteiger partial charge in [-0.1, -0.05) is 29.3 Å². The van der Waals surface area contributed by atoms with Crippen molar-refractivity contribution in [2.45, 2.75) is 19.8 Å². The van der Waals surface area contributed by atoms with Crippen molar-refractivity contribution in [2.24, 2.45) is 0 Å². The fourth-order valence-electron chi connectivity index (χ4n) is 1.75. The van der Waals surface area contributed by atoms with Gasteiger partial charge in [0, 0.05) is 5.02 Å². The lowest BCUT2D eigenvalue weighted by Crippen LogP contribution is -1.94. The molecule has 0 saturated heterocycles. The Morgan fingerprint density at radius 3 is 2.40 bits per heavy atom. The third kappa shape index (κ3) is 2.29. The molecule has 2 heteroatoms. The van der Waals surface area contributed by atoms with Crippen LogP contribution in [-0.2, 0) is 0 Å². The van der Waals surface area contributed by atoms with Gasteiger partial charge in [-0.25, -0.2) is 4.39 Å². The Balaban J connectivity index is 2.39. The van der Waals surface area contributed by atoms with Crippen molar-refractivity contribution in [1.82, 2.24) is 0 Å². The third-order valence-corrected chi connectivity index (χ3v) is 2.88. The molecule has 0 atom stereocenters. The minimum absolute atomic E-state index is 0.110. The molecule has 0 aliphatic heterocycles. The molecule has 78 valence electrons. The van der Waals surface area contributed by atoms with Gasteiger partial charge in [-0.15, -0.1) is 0 Å². The number of rotatable bonds is 1. The third-order valence-electron chi connectivity index (χ3n) is 2.62. The Labute approximate surface area is 94.1 Å². The Hall–Kier alpha value is -1.08. The van der Waals surface area contributed by atoms with E-state index in [0.717, 1.165) is 29.6 Å². The highest BCUT2D eigenvalue weighted by Crippen LogP contribution is 2.32. The normalized spacial score (nSPS) is 16.6. The highest BCUT2D eigenvalue weighted by atomic mass is 35.5. The summed E-state index contributed by atoms with van der Waals surface area (Å²) in [5, 5.41) is 0.683. The molecule has 2 rings (SSSR count). The lowest BCUT2D eigenvalue weighted by molar-refractivity contribution is 0.655. The van der Waals surface area contributed by atoms with E-state index in [-0.39, 0.29) is 5.83 Å². The largest absolute Gasteiger partial charge is 0.207 e. The first-order valence-corrected chi connectivity index (χ1v) is 5.36. The molecule has 0 amide bonds. The van der Waals surface area contributed by atoms with Crippen LogP contribution in [0.25, 0.3) is 5.57 Å². The summed E-state index contributed by atoms with van der Waals surface area (Å²) in [4.78, 5) is 0. The molecular formula is C13H12ClF. The van der Waals surface area contributed by atoms with Crippen LogP contribution in [0.2, 0.25) is 5.02 Å². The van der Waals surface area contributed by atoms with Crippen molar-refractivity contribution in [2.75, 3.05) is 0 Å². The van der Waals surface area contributed by atoms with Crippen molar-refractivity contribution in [3.05, 3.63) is 52.3 Å². The van der Waals surface area contributed by atoms with Crippen molar-refractivity contribution in [1.29, 1.82) is 0 Å². The first-order chi connectivity index (χ1) is 7.16. The second-order valence-electron chi connectivity index (χ2n) is 3.82. The summed E-state index contributed by atoms with van der Waals surface area (Å²) in [5.41, 5.74) is 2.82. The molecule has 0 nitrogen and oxygen atoms in total. The predicted octanol–water partition coefficient (Wildman–Crippen LogP) is 4.76. The maximum atomic E-state index is 13.7. The maximum Gasteiger partial charge on any atom is 0.126 e. The lowest BCUT2D eigenvalue weighted by Gasteiger charge is -2.14. The monoisotopic (exact) mass is 222 g/mol. The number of hydrogen-bond donors (Lipinski definition) is 0. The molecule has 1 aromatic carbocycles. The van der Waals surface area contributed by atoms with Gasteiger partial charge in [0.25, 0.3) is 0 Å². The summed E-state index contributed by atoms with van der Waals surface area (Å²) in [6.45, 7) is 1.96. The predicted molar refractivity (Wildman–Crippen MR) is 62.5 cm³/mol. The van der Waals surface area contributed by atoms with E-state index in [0.29, 0.717) is 5.02 Å². The van der Waals surface area contributed by atoms with E-state index in [1.807, 2.05) is 19.1 Å². The van der Waals surface area contributed by atoms with Gasteiger partial charge in [0.1, 0.15) is 5.83 Å². The van der Waals surface area contributed by atoms with Crippen molar-refractivity contribution >= 4 is 17.2 Å². The second-order valence-corrected chi connectivity index (χ2v) is 4.26. The summed E-state index contributed by atoms with van der Waals surface area (Å²) >= 11 is 5.79. The van der Waals surface area contributed by atoms with E-state index in [2.05, 4.69) is 0 Å². The SMILES string of the molecule is CC1=CC(F)=C(c2ccc(Cl)cc2)CC1. The zero-order valence-electron chi connectivity index (χ0n) is 8.56. The minimum Gasteiger partial charge on any atom is -0.207 e. The van der Waals surface area contributed by atoms with Crippen LogP contribution in [0.5, 0.6) is 0 Å². The van der Waals surface area contributed by atoms with Crippen molar-refractivity contribution in [3.63, 3.8) is 0 Å². The van der Waals surface area contributed by atoms with Crippen LogP contribution in [-0.4, -0.2) is 0 Å². The molecule has 0 aromatic heterocycles. The zero-order chi connectivity index (χ0) is 10.8. The van der Waals surface area contributed by atoms with Gasteiger partial charge in [0.05, 0.1) is 0 Å². The Morgan fingerprint density at radius 2 is 1.80 bits per heavy atom. The molecule has 0 fully saturated rings. The van der Waals surface area contributed by atoms with E-state index < -0.39 is 0 Å². The van der Waals surface area contributed by atoms with E-state index in [9.17, 15) is 4.39 Å². The van der Waals surface area contributed by atoms with Crippen LogP contribution in [0, 0.1) is 0 Å². The molecule has 15 heavy (non-hydrogen) atoms. The Kier molecular flexibility index (Phi) is 2.92. The van der Waals surface area contributed by atoms with Crippen molar-refractivity contribution in [3.8, 4) is 0 Å². The molecule has 0 saturated carbocycles. The molecule has 0 unspecified atom stereocenters. The van der Waals surface area contributed by atoms with E-state index >= 15 is 0 Å². The van der Waals surface area contributed by atoms with Gasteiger partial charge >= 0.3 is 0 Å². The van der Waals surface area contributed by atoms with Crippen LogP contribution in [0.1, 0.15) is 25.3 Å². The fraction of sp³-hybridized carbons (Fsp3) is 0.231. The summed E-state index contributed by atoms with van der Waals surface area (Å²) < 4.78 is 13.7. The molecule has 0 bridgehead atoms. The Morgan fingerprint density at radius 1 is 1.13 bits per heavy atom. The Bertz CT molecular complexity index is 426. The number of benzene rings is 1. The number of allylic oxidation sites excluding steroid dienone is 4. The number of hydrogen-bond acceptors (Lipinski definition) is 0. The van der Waals surface area contributed by atoms with Crippen LogP contribution in [0.4, 0.5) is 4.39 Å². The second kappa shape index (κ2) is 4.19. The van der Waals surface area contributed by atoms with E-state index in [1.54, 1.807) is 18.2 Å². The van der Waals surface area contributed by atoms with Gasteiger partial charge in [-0.2, -0.15) is 0 Å². The molecule has 1 aliphatic rings. The summed E-state index contributed by atoms with van der Waals surface area (Å²) in [6, 6.07) is 7.32. The van der Waals surface area contributed by atoms with Crippen LogP contribution in [0.15, 0.2) is 41.7 Å². The fourth-order valence-corrected chi connectivity index (χ4v) is 1.88. The first-order valence-electron chi connectivity index (χ1n) is 4.98. The summed E-state index contributed by atoms with van der Waals surface area (Å²) in [5.74, 6) is -0.110. The molecule has 1 aliphatic carbocycles. The van der Waals surface area contributed by atoms with Crippen LogP contribution < -0.4 is 0 Å². The molecule has 1 aromatic rings. The standard InChI is InChI=1S/C13H12ClF/c1-9-2-7-12(13(15)8-9)10-3-5-11(14)6-4-10/h3-6,8H,2,7H2,1H3. The first kappa shape index (κ1) is 10.4. The highest BCUT2D eigenvalue weighted by Gasteiger charge is 2.12. The minimum atomic E-state index is -0.110. The maximum absolute atomic E-state index is 13.7. The molecular weight excluding hydrogens is 211 g/mol. The smallest absolute Gasteiger partial charge is 0.126 e. The average molecular weight is 223 g/mol. The highest BCUT2D eigenvalue weighted by molar-refractivity contribution is 6.30. The molecule has 0 radical (unpaired) electrons. The van der Waals surface area contributed by atoms with E-state index in [1.165, 1.54) is 0 Å². The van der Waals surface area contributed by atoms with Gasteiger partial charge in [-0.05, 0) is 49.1 Å². The summed E-state index contributed by atoms with van der Waals surface area (Å²) in [7, 11) is 0. The molecule has 0 spiro atoms. The quantitative estimate of drug-likeness (QED) is 0.643. The van der Waals surface area contributed by atoms with Crippen LogP contribution >= 0.6 is 11.6 Å². The lowest BCUT2D eigenvalue weighted by atomic mass is 9.93. The topological polar surface area (TPSA) is 0 Å². The van der Waals surface area contributed by atoms with Gasteiger partial charge in [0.2, 0.25) is 0 Å². The average Bonchev–Trinajstić information content (AvgIpc) is 2.20. The van der Waals surface area contributed by atoms with Crippen LogP contribution in [0.3, 0.4) is 0 Å². The van der Waals surface area contributed by atoms with Gasteiger partial charge in [0.15, 0.2) is 0 Å².